The number of hydrogen-bond donors (Lipinski definition) is 4. The minimum Gasteiger partial charge on any atom is -0.382 e. The summed E-state index contributed by atoms with van der Waals surface area (Å²) < 4.78 is 1.73. The van der Waals surface area contributed by atoms with Crippen LogP contribution in [-0.4, -0.2) is 39.2 Å². The van der Waals surface area contributed by atoms with Gasteiger partial charge < -0.3 is 22.1 Å². The van der Waals surface area contributed by atoms with E-state index < -0.39 is 0 Å². The van der Waals surface area contributed by atoms with Gasteiger partial charge in [0, 0.05) is 19.5 Å². The summed E-state index contributed by atoms with van der Waals surface area (Å²) >= 11 is 6.29. The Morgan fingerprint density at radius 2 is 2.17 bits per heavy atom. The molecule has 0 amide bonds. The highest BCUT2D eigenvalue weighted by atomic mass is 35.5. The average Bonchev–Trinajstić information content (AvgIpc) is 3.22. The van der Waals surface area contributed by atoms with Gasteiger partial charge >= 0.3 is 0 Å². The van der Waals surface area contributed by atoms with Gasteiger partial charge in [-0.2, -0.15) is 15.2 Å². The Kier molecular flexibility index (Phi) is 5.39. The van der Waals surface area contributed by atoms with E-state index in [0.717, 1.165) is 13.0 Å². The molecule has 3 aromatic rings. The maximum atomic E-state index is 13.3. The highest BCUT2D eigenvalue weighted by molar-refractivity contribution is 6.35. The summed E-state index contributed by atoms with van der Waals surface area (Å²) in [6.45, 7) is 1.89. The van der Waals surface area contributed by atoms with E-state index in [1.807, 2.05) is 6.07 Å². The molecule has 3 heterocycles. The van der Waals surface area contributed by atoms with E-state index in [1.54, 1.807) is 22.8 Å². The van der Waals surface area contributed by atoms with Gasteiger partial charge in [-0.05, 0) is 25.1 Å². The Labute approximate surface area is 176 Å². The normalized spacial score (nSPS) is 15.9. The second-order valence-corrected chi connectivity index (χ2v) is 7.37. The maximum Gasteiger partial charge on any atom is 0.263 e. The first-order valence-electron chi connectivity index (χ1n) is 9.47. The lowest BCUT2D eigenvalue weighted by molar-refractivity contribution is 0.500. The van der Waals surface area contributed by atoms with Gasteiger partial charge in [-0.15, -0.1) is 0 Å². The third-order valence-corrected chi connectivity index (χ3v) is 5.37. The predicted molar refractivity (Wildman–Crippen MR) is 115 cm³/mol. The molecule has 154 valence electrons. The van der Waals surface area contributed by atoms with E-state index in [4.69, 9.17) is 28.1 Å². The maximum absolute atomic E-state index is 13.3. The fourth-order valence-corrected chi connectivity index (χ4v) is 3.94. The third kappa shape index (κ3) is 3.60. The van der Waals surface area contributed by atoms with Gasteiger partial charge in [0.1, 0.15) is 23.3 Å². The molecule has 10 nitrogen and oxygen atoms in total. The Morgan fingerprint density at radius 3 is 2.90 bits per heavy atom. The van der Waals surface area contributed by atoms with Gasteiger partial charge in [-0.25, -0.2) is 4.98 Å². The molecule has 1 atom stereocenters. The molecule has 30 heavy (non-hydrogen) atoms. The van der Waals surface area contributed by atoms with Crippen LogP contribution in [-0.2, 0) is 6.42 Å². The summed E-state index contributed by atoms with van der Waals surface area (Å²) in [5, 5.41) is 16.5. The number of nitrogens with zero attached hydrogens (tertiary/aromatic N) is 5. The second kappa shape index (κ2) is 8.14. The van der Waals surface area contributed by atoms with Crippen LogP contribution in [0.4, 0.5) is 17.6 Å². The largest absolute Gasteiger partial charge is 0.382 e. The van der Waals surface area contributed by atoms with Crippen LogP contribution in [0.1, 0.15) is 23.9 Å². The molecule has 1 fully saturated rings. The number of benzene rings is 1. The number of nitrogens with two attached hydrogens (primary N) is 2. The monoisotopic (exact) mass is 425 g/mol. The number of nitrogens with one attached hydrogen (secondary N) is 2. The van der Waals surface area contributed by atoms with Crippen molar-refractivity contribution in [1.29, 1.82) is 5.26 Å². The summed E-state index contributed by atoms with van der Waals surface area (Å²) in [6.07, 6.45) is 1.25. The number of aromatic nitrogens is 4. The molecule has 11 heteroatoms. The Bertz CT molecular complexity index is 1210. The molecule has 0 radical (unpaired) electrons. The second-order valence-electron chi connectivity index (χ2n) is 6.96. The highest BCUT2D eigenvalue weighted by Crippen LogP contribution is 2.23. The van der Waals surface area contributed by atoms with Crippen LogP contribution < -0.4 is 27.7 Å². The summed E-state index contributed by atoms with van der Waals surface area (Å²) in [4.78, 5) is 25.8. The molecule has 0 saturated carbocycles. The van der Waals surface area contributed by atoms with Crippen molar-refractivity contribution in [1.82, 2.24) is 24.8 Å². The standard InChI is InChI=1S/C19H20ClN9O/c20-12-2-1-3-13-15(12)18(30)29(10-4-6-24-9-10)14(26-13)5-7-25-17-11(8-21)16(22)27-19(23)28-17/h1-3,10,24H,4-7,9H2,(H5,22,23,25,27,28)/t10-/m0/s1. The number of hydrogen-bond acceptors (Lipinski definition) is 9. The molecular weight excluding hydrogens is 406 g/mol. The van der Waals surface area contributed by atoms with E-state index >= 15 is 0 Å². The van der Waals surface area contributed by atoms with E-state index in [0.29, 0.717) is 41.3 Å². The van der Waals surface area contributed by atoms with Gasteiger partial charge in [0.05, 0.1) is 22.0 Å². The highest BCUT2D eigenvalue weighted by Gasteiger charge is 2.23. The summed E-state index contributed by atoms with van der Waals surface area (Å²) in [6, 6.07) is 7.21. The van der Waals surface area contributed by atoms with Crippen molar-refractivity contribution in [3.05, 3.63) is 45.0 Å². The fraction of sp³-hybridized carbons (Fsp3) is 0.316. The molecule has 1 saturated heterocycles. The number of nitriles is 1. The SMILES string of the molecule is N#Cc1c(N)nc(N)nc1NCCc1nc2cccc(Cl)c2c(=O)n1[C@H]1CCNC1. The van der Waals surface area contributed by atoms with Crippen molar-refractivity contribution in [2.75, 3.05) is 36.4 Å². The lowest BCUT2D eigenvalue weighted by atomic mass is 10.2. The lowest BCUT2D eigenvalue weighted by Crippen LogP contribution is -2.31. The number of halogens is 1. The smallest absolute Gasteiger partial charge is 0.263 e. The van der Waals surface area contributed by atoms with Gasteiger partial charge in [-0.1, -0.05) is 17.7 Å². The number of anilines is 3. The van der Waals surface area contributed by atoms with Gasteiger partial charge in [0.2, 0.25) is 5.95 Å². The summed E-state index contributed by atoms with van der Waals surface area (Å²) in [5.74, 6) is 0.869. The van der Waals surface area contributed by atoms with Crippen molar-refractivity contribution < 1.29 is 0 Å². The van der Waals surface area contributed by atoms with Crippen LogP contribution >= 0.6 is 11.6 Å². The van der Waals surface area contributed by atoms with Crippen molar-refractivity contribution in [3.8, 4) is 6.07 Å². The number of rotatable bonds is 5. The minimum absolute atomic E-state index is 0.000631. The van der Waals surface area contributed by atoms with E-state index in [-0.39, 0.29) is 34.7 Å². The molecule has 4 rings (SSSR count). The number of nitrogen functional groups attached to an aromatic ring is 2. The average molecular weight is 426 g/mol. The zero-order valence-corrected chi connectivity index (χ0v) is 16.8. The van der Waals surface area contributed by atoms with Gasteiger partial charge in [-0.3, -0.25) is 9.36 Å². The molecule has 1 aromatic carbocycles. The lowest BCUT2D eigenvalue weighted by Gasteiger charge is -2.19. The van der Waals surface area contributed by atoms with Crippen LogP contribution in [0.3, 0.4) is 0 Å². The van der Waals surface area contributed by atoms with E-state index in [9.17, 15) is 10.1 Å². The Morgan fingerprint density at radius 1 is 1.33 bits per heavy atom. The molecular formula is C19H20ClN9O. The first-order valence-corrected chi connectivity index (χ1v) is 9.84. The topological polar surface area (TPSA) is 161 Å². The molecule has 0 unspecified atom stereocenters. The molecule has 0 spiro atoms. The van der Waals surface area contributed by atoms with Crippen molar-refractivity contribution in [2.45, 2.75) is 18.9 Å². The molecule has 1 aliphatic rings. The predicted octanol–water partition coefficient (Wildman–Crippen LogP) is 1.06. The molecule has 0 bridgehead atoms. The molecule has 6 N–H and O–H groups in total. The quantitative estimate of drug-likeness (QED) is 0.468. The molecule has 2 aromatic heterocycles. The summed E-state index contributed by atoms with van der Waals surface area (Å²) in [7, 11) is 0. The zero-order valence-electron chi connectivity index (χ0n) is 16.0. The van der Waals surface area contributed by atoms with Crippen LogP contribution in [0, 0.1) is 11.3 Å². The van der Waals surface area contributed by atoms with Crippen LogP contribution in [0.15, 0.2) is 23.0 Å². The van der Waals surface area contributed by atoms with E-state index in [1.165, 1.54) is 0 Å². The number of fused-ring (bicyclic) bond motifs is 1. The molecule has 1 aliphatic heterocycles. The minimum atomic E-state index is -0.150. The summed E-state index contributed by atoms with van der Waals surface area (Å²) in [5.41, 5.74) is 11.9. The van der Waals surface area contributed by atoms with E-state index in [2.05, 4.69) is 20.6 Å². The Balaban J connectivity index is 1.68. The Hall–Kier alpha value is -3.42. The van der Waals surface area contributed by atoms with Gasteiger partial charge in [0.15, 0.2) is 5.82 Å². The van der Waals surface area contributed by atoms with Crippen LogP contribution in [0.5, 0.6) is 0 Å². The zero-order chi connectivity index (χ0) is 21.3. The van der Waals surface area contributed by atoms with Crippen molar-refractivity contribution in [3.63, 3.8) is 0 Å². The first-order chi connectivity index (χ1) is 14.5. The van der Waals surface area contributed by atoms with Crippen LogP contribution in [0.2, 0.25) is 5.02 Å². The van der Waals surface area contributed by atoms with Crippen molar-refractivity contribution in [2.24, 2.45) is 0 Å². The first kappa shape index (κ1) is 19.9. The third-order valence-electron chi connectivity index (χ3n) is 5.06. The molecule has 0 aliphatic carbocycles. The van der Waals surface area contributed by atoms with Gasteiger partial charge in [0.25, 0.3) is 5.56 Å². The van der Waals surface area contributed by atoms with Crippen molar-refractivity contribution >= 4 is 40.1 Å². The van der Waals surface area contributed by atoms with Crippen LogP contribution in [0.25, 0.3) is 10.9 Å². The fourth-order valence-electron chi connectivity index (χ4n) is 3.69.